The molecular formula is C21H27NO3. The number of hydrogen-bond donors (Lipinski definition) is 1. The lowest BCUT2D eigenvalue weighted by atomic mass is 10.1. The summed E-state index contributed by atoms with van der Waals surface area (Å²) in [5, 5.41) is 2.90. The van der Waals surface area contributed by atoms with Crippen LogP contribution in [-0.2, 0) is 11.2 Å². The molecule has 0 heterocycles. The molecule has 0 unspecified atom stereocenters. The zero-order valence-electron chi connectivity index (χ0n) is 15.3. The molecule has 0 radical (unpaired) electrons. The van der Waals surface area contributed by atoms with E-state index >= 15 is 0 Å². The van der Waals surface area contributed by atoms with Gasteiger partial charge in [-0.05, 0) is 68.5 Å². The van der Waals surface area contributed by atoms with Gasteiger partial charge in [-0.25, -0.2) is 0 Å². The number of aryl methyl sites for hydroxylation is 3. The van der Waals surface area contributed by atoms with E-state index in [1.54, 1.807) is 0 Å². The Morgan fingerprint density at radius 3 is 2.52 bits per heavy atom. The van der Waals surface area contributed by atoms with E-state index in [0.29, 0.717) is 13.2 Å². The number of benzene rings is 2. The van der Waals surface area contributed by atoms with E-state index in [0.717, 1.165) is 35.5 Å². The van der Waals surface area contributed by atoms with Gasteiger partial charge in [-0.3, -0.25) is 4.79 Å². The molecule has 4 heteroatoms. The van der Waals surface area contributed by atoms with Crippen LogP contribution in [0.4, 0.5) is 0 Å². The van der Waals surface area contributed by atoms with Crippen LogP contribution in [0.1, 0.15) is 30.0 Å². The highest BCUT2D eigenvalue weighted by atomic mass is 16.5. The van der Waals surface area contributed by atoms with Crippen LogP contribution in [0, 0.1) is 13.8 Å². The minimum Gasteiger partial charge on any atom is -0.494 e. The fraction of sp³-hybridized carbons (Fsp3) is 0.381. The van der Waals surface area contributed by atoms with E-state index in [2.05, 4.69) is 17.4 Å². The molecule has 0 bridgehead atoms. The molecule has 0 aliphatic carbocycles. The highest BCUT2D eigenvalue weighted by Gasteiger charge is 2.05. The van der Waals surface area contributed by atoms with Gasteiger partial charge in [-0.2, -0.15) is 0 Å². The number of carbonyl (C=O) groups excluding carboxylic acids is 1. The van der Waals surface area contributed by atoms with Gasteiger partial charge in [-0.15, -0.1) is 0 Å². The van der Waals surface area contributed by atoms with Crippen molar-refractivity contribution in [3.05, 3.63) is 59.2 Å². The van der Waals surface area contributed by atoms with Gasteiger partial charge in [0.05, 0.1) is 6.61 Å². The molecule has 0 aromatic heterocycles. The fourth-order valence-corrected chi connectivity index (χ4v) is 2.50. The van der Waals surface area contributed by atoms with Crippen LogP contribution in [0.15, 0.2) is 42.5 Å². The third-order valence-electron chi connectivity index (χ3n) is 3.90. The van der Waals surface area contributed by atoms with Crippen molar-refractivity contribution in [1.29, 1.82) is 0 Å². The number of hydrogen-bond acceptors (Lipinski definition) is 3. The van der Waals surface area contributed by atoms with E-state index in [4.69, 9.17) is 9.47 Å². The molecule has 0 spiro atoms. The standard InChI is InChI=1S/C21H27NO3/c1-4-24-19-11-9-18(10-12-19)6-5-13-22-21(23)15-25-20-14-16(2)7-8-17(20)3/h7-12,14H,4-6,13,15H2,1-3H3,(H,22,23). The normalized spacial score (nSPS) is 10.4. The summed E-state index contributed by atoms with van der Waals surface area (Å²) in [5.41, 5.74) is 3.40. The monoisotopic (exact) mass is 341 g/mol. The first-order valence-corrected chi connectivity index (χ1v) is 8.77. The van der Waals surface area contributed by atoms with Crippen molar-refractivity contribution in [2.45, 2.75) is 33.6 Å². The highest BCUT2D eigenvalue weighted by Crippen LogP contribution is 2.18. The first-order valence-electron chi connectivity index (χ1n) is 8.77. The lowest BCUT2D eigenvalue weighted by Crippen LogP contribution is -2.30. The summed E-state index contributed by atoms with van der Waals surface area (Å²) in [4.78, 5) is 11.9. The molecule has 2 aromatic rings. The summed E-state index contributed by atoms with van der Waals surface area (Å²) >= 11 is 0. The predicted octanol–water partition coefficient (Wildman–Crippen LogP) is 3.83. The molecule has 2 aromatic carbocycles. The number of carbonyl (C=O) groups is 1. The van der Waals surface area contributed by atoms with Crippen LogP contribution in [0.3, 0.4) is 0 Å². The summed E-state index contributed by atoms with van der Waals surface area (Å²) in [6.45, 7) is 7.32. The zero-order chi connectivity index (χ0) is 18.1. The van der Waals surface area contributed by atoms with Gasteiger partial charge in [0.15, 0.2) is 6.61 Å². The lowest BCUT2D eigenvalue weighted by molar-refractivity contribution is -0.123. The maximum Gasteiger partial charge on any atom is 0.257 e. The Hall–Kier alpha value is -2.49. The Balaban J connectivity index is 1.66. The average molecular weight is 341 g/mol. The van der Waals surface area contributed by atoms with E-state index in [1.165, 1.54) is 5.56 Å². The summed E-state index contributed by atoms with van der Waals surface area (Å²) < 4.78 is 11.0. The Morgan fingerprint density at radius 2 is 1.80 bits per heavy atom. The fourth-order valence-electron chi connectivity index (χ4n) is 2.50. The summed E-state index contributed by atoms with van der Waals surface area (Å²) in [6, 6.07) is 14.1. The van der Waals surface area contributed by atoms with E-state index in [9.17, 15) is 4.79 Å². The number of nitrogens with one attached hydrogen (secondary N) is 1. The van der Waals surface area contributed by atoms with Gasteiger partial charge in [0.1, 0.15) is 11.5 Å². The Bertz CT molecular complexity index is 680. The summed E-state index contributed by atoms with van der Waals surface area (Å²) in [5.74, 6) is 1.57. The quantitative estimate of drug-likeness (QED) is 0.705. The summed E-state index contributed by atoms with van der Waals surface area (Å²) in [7, 11) is 0. The van der Waals surface area contributed by atoms with Gasteiger partial charge in [0.2, 0.25) is 0 Å². The van der Waals surface area contributed by atoms with Crippen molar-refractivity contribution < 1.29 is 14.3 Å². The topological polar surface area (TPSA) is 47.6 Å². The molecule has 134 valence electrons. The van der Waals surface area contributed by atoms with Gasteiger partial charge in [0.25, 0.3) is 5.91 Å². The molecule has 25 heavy (non-hydrogen) atoms. The van der Waals surface area contributed by atoms with Crippen LogP contribution in [-0.4, -0.2) is 25.7 Å². The molecule has 0 fully saturated rings. The van der Waals surface area contributed by atoms with Crippen LogP contribution < -0.4 is 14.8 Å². The Labute approximate surface area is 150 Å². The van der Waals surface area contributed by atoms with Crippen LogP contribution in [0.5, 0.6) is 11.5 Å². The number of amides is 1. The molecule has 0 saturated heterocycles. The van der Waals surface area contributed by atoms with Gasteiger partial charge < -0.3 is 14.8 Å². The van der Waals surface area contributed by atoms with Crippen LogP contribution in [0.25, 0.3) is 0 Å². The molecule has 1 amide bonds. The first-order chi connectivity index (χ1) is 12.1. The second-order valence-corrected chi connectivity index (χ2v) is 6.09. The van der Waals surface area contributed by atoms with Crippen molar-refractivity contribution in [3.8, 4) is 11.5 Å². The average Bonchev–Trinajstić information content (AvgIpc) is 2.61. The Kier molecular flexibility index (Phi) is 7.33. The molecule has 0 aliphatic rings. The van der Waals surface area contributed by atoms with Crippen molar-refractivity contribution in [2.75, 3.05) is 19.8 Å². The third kappa shape index (κ3) is 6.49. The molecular weight excluding hydrogens is 314 g/mol. The smallest absolute Gasteiger partial charge is 0.257 e. The number of rotatable bonds is 9. The van der Waals surface area contributed by atoms with Crippen molar-refractivity contribution >= 4 is 5.91 Å². The minimum atomic E-state index is -0.0902. The maximum absolute atomic E-state index is 11.9. The molecule has 1 N–H and O–H groups in total. The van der Waals surface area contributed by atoms with Crippen molar-refractivity contribution in [3.63, 3.8) is 0 Å². The largest absolute Gasteiger partial charge is 0.494 e. The van der Waals surface area contributed by atoms with Crippen LogP contribution in [0.2, 0.25) is 0 Å². The predicted molar refractivity (Wildman–Crippen MR) is 100 cm³/mol. The first kappa shape index (κ1) is 18.8. The number of ether oxygens (including phenoxy) is 2. The van der Waals surface area contributed by atoms with E-state index in [1.807, 2.05) is 51.1 Å². The molecule has 2 rings (SSSR count). The zero-order valence-corrected chi connectivity index (χ0v) is 15.3. The third-order valence-corrected chi connectivity index (χ3v) is 3.90. The minimum absolute atomic E-state index is 0.0490. The van der Waals surface area contributed by atoms with Gasteiger partial charge in [0, 0.05) is 6.54 Å². The lowest BCUT2D eigenvalue weighted by Gasteiger charge is -2.10. The Morgan fingerprint density at radius 1 is 1.04 bits per heavy atom. The summed E-state index contributed by atoms with van der Waals surface area (Å²) in [6.07, 6.45) is 1.81. The molecule has 0 aliphatic heterocycles. The molecule has 4 nitrogen and oxygen atoms in total. The maximum atomic E-state index is 11.9. The van der Waals surface area contributed by atoms with Gasteiger partial charge >= 0.3 is 0 Å². The molecule has 0 saturated carbocycles. The van der Waals surface area contributed by atoms with E-state index in [-0.39, 0.29) is 12.5 Å². The van der Waals surface area contributed by atoms with Crippen molar-refractivity contribution in [1.82, 2.24) is 5.32 Å². The second-order valence-electron chi connectivity index (χ2n) is 6.09. The van der Waals surface area contributed by atoms with Crippen molar-refractivity contribution in [2.24, 2.45) is 0 Å². The van der Waals surface area contributed by atoms with E-state index < -0.39 is 0 Å². The SMILES string of the molecule is CCOc1ccc(CCCNC(=O)COc2cc(C)ccc2C)cc1. The molecule has 0 atom stereocenters. The van der Waals surface area contributed by atoms with Gasteiger partial charge in [-0.1, -0.05) is 24.3 Å². The van der Waals surface area contributed by atoms with Crippen LogP contribution >= 0.6 is 0 Å². The second kappa shape index (κ2) is 9.72. The highest BCUT2D eigenvalue weighted by molar-refractivity contribution is 5.77.